The van der Waals surface area contributed by atoms with Gasteiger partial charge in [-0.05, 0) is 24.8 Å². The second-order valence-electron chi connectivity index (χ2n) is 7.21. The van der Waals surface area contributed by atoms with E-state index >= 15 is 0 Å². The van der Waals surface area contributed by atoms with Gasteiger partial charge in [0.25, 0.3) is 5.91 Å². The van der Waals surface area contributed by atoms with E-state index in [1.165, 1.54) is 0 Å². The first kappa shape index (κ1) is 17.6. The summed E-state index contributed by atoms with van der Waals surface area (Å²) in [6.45, 7) is 3.59. The second-order valence-corrected chi connectivity index (χ2v) is 7.21. The van der Waals surface area contributed by atoms with Crippen LogP contribution in [0.15, 0.2) is 42.7 Å². The van der Waals surface area contributed by atoms with E-state index in [1.807, 2.05) is 46.3 Å². The van der Waals surface area contributed by atoms with Crippen molar-refractivity contribution in [2.24, 2.45) is 0 Å². The van der Waals surface area contributed by atoms with Gasteiger partial charge in [-0.25, -0.2) is 4.79 Å². The Morgan fingerprint density at radius 3 is 2.67 bits per heavy atom. The summed E-state index contributed by atoms with van der Waals surface area (Å²) < 4.78 is 1.80. The number of piperidine rings is 1. The minimum absolute atomic E-state index is 0.0239. The second kappa shape index (κ2) is 7.82. The van der Waals surface area contributed by atoms with Crippen molar-refractivity contribution in [3.8, 4) is 0 Å². The molecule has 0 bridgehead atoms. The molecule has 142 valence electrons. The van der Waals surface area contributed by atoms with Crippen molar-refractivity contribution in [2.45, 2.75) is 31.8 Å². The topological polar surface area (TPSA) is 70.5 Å². The van der Waals surface area contributed by atoms with Crippen LogP contribution in [0.4, 0.5) is 4.79 Å². The number of aromatic nitrogens is 2. The minimum atomic E-state index is 0.0239. The van der Waals surface area contributed by atoms with Crippen LogP contribution in [0, 0.1) is 0 Å². The number of carbonyl (C=O) groups is 2. The summed E-state index contributed by atoms with van der Waals surface area (Å²) in [6.07, 6.45) is 6.12. The Labute approximate surface area is 158 Å². The van der Waals surface area contributed by atoms with E-state index in [-0.39, 0.29) is 18.0 Å². The van der Waals surface area contributed by atoms with Gasteiger partial charge in [-0.2, -0.15) is 5.10 Å². The first-order valence-electron chi connectivity index (χ1n) is 9.61. The Hall–Kier alpha value is -2.83. The van der Waals surface area contributed by atoms with Crippen LogP contribution in [0.1, 0.15) is 35.2 Å². The van der Waals surface area contributed by atoms with Crippen LogP contribution in [0.3, 0.4) is 0 Å². The standard InChI is InChI=1S/C20H25N5O2/c26-19(17-13-22-24(15-17)14-16-5-2-1-3-6-16)23-11-7-18(8-12-23)25-10-4-9-21-20(25)27/h1-3,5-6,13,15,18H,4,7-12,14H2,(H,21,27). The molecule has 2 aromatic rings. The van der Waals surface area contributed by atoms with E-state index in [4.69, 9.17) is 0 Å². The Bertz CT molecular complexity index is 796. The zero-order chi connectivity index (χ0) is 18.6. The maximum atomic E-state index is 12.8. The predicted octanol–water partition coefficient (Wildman–Crippen LogP) is 1.95. The molecule has 2 saturated heterocycles. The van der Waals surface area contributed by atoms with Gasteiger partial charge in [0.2, 0.25) is 0 Å². The Balaban J connectivity index is 1.33. The van der Waals surface area contributed by atoms with Crippen LogP contribution in [-0.2, 0) is 6.54 Å². The summed E-state index contributed by atoms with van der Waals surface area (Å²) in [5.74, 6) is 0.0239. The number of nitrogens with zero attached hydrogens (tertiary/aromatic N) is 4. The quantitative estimate of drug-likeness (QED) is 0.898. The van der Waals surface area contributed by atoms with Gasteiger partial charge in [0.15, 0.2) is 0 Å². The van der Waals surface area contributed by atoms with Crippen molar-refractivity contribution in [2.75, 3.05) is 26.2 Å². The van der Waals surface area contributed by atoms with Crippen molar-refractivity contribution < 1.29 is 9.59 Å². The number of rotatable bonds is 4. The largest absolute Gasteiger partial charge is 0.338 e. The van der Waals surface area contributed by atoms with E-state index in [1.54, 1.807) is 10.9 Å². The number of benzene rings is 1. The lowest BCUT2D eigenvalue weighted by Gasteiger charge is -2.40. The fraction of sp³-hybridized carbons (Fsp3) is 0.450. The Morgan fingerprint density at radius 1 is 1.15 bits per heavy atom. The maximum Gasteiger partial charge on any atom is 0.317 e. The number of hydrogen-bond acceptors (Lipinski definition) is 3. The lowest BCUT2D eigenvalue weighted by atomic mass is 10.0. The molecule has 3 heterocycles. The highest BCUT2D eigenvalue weighted by atomic mass is 16.2. The summed E-state index contributed by atoms with van der Waals surface area (Å²) in [5.41, 5.74) is 1.78. The monoisotopic (exact) mass is 367 g/mol. The molecule has 1 aromatic heterocycles. The van der Waals surface area contributed by atoms with Crippen molar-refractivity contribution in [3.63, 3.8) is 0 Å². The lowest BCUT2D eigenvalue weighted by Crippen LogP contribution is -2.54. The summed E-state index contributed by atoms with van der Waals surface area (Å²) >= 11 is 0. The van der Waals surface area contributed by atoms with Gasteiger partial charge < -0.3 is 15.1 Å². The third-order valence-electron chi connectivity index (χ3n) is 5.37. The molecule has 1 aromatic carbocycles. The number of nitrogens with one attached hydrogen (secondary N) is 1. The molecule has 0 atom stereocenters. The summed E-state index contributed by atoms with van der Waals surface area (Å²) in [7, 11) is 0. The third-order valence-corrected chi connectivity index (χ3v) is 5.37. The highest BCUT2D eigenvalue weighted by Crippen LogP contribution is 2.20. The smallest absolute Gasteiger partial charge is 0.317 e. The van der Waals surface area contributed by atoms with Crippen molar-refractivity contribution in [3.05, 3.63) is 53.9 Å². The van der Waals surface area contributed by atoms with E-state index in [0.717, 1.165) is 37.9 Å². The Kier molecular flexibility index (Phi) is 5.09. The molecule has 3 amide bonds. The van der Waals surface area contributed by atoms with Crippen molar-refractivity contribution in [1.82, 2.24) is 24.9 Å². The predicted molar refractivity (Wildman–Crippen MR) is 101 cm³/mol. The highest BCUT2D eigenvalue weighted by molar-refractivity contribution is 5.93. The fourth-order valence-corrected chi connectivity index (χ4v) is 3.89. The molecule has 7 heteroatoms. The van der Waals surface area contributed by atoms with E-state index in [0.29, 0.717) is 25.2 Å². The molecule has 0 spiro atoms. The molecule has 2 fully saturated rings. The Morgan fingerprint density at radius 2 is 1.93 bits per heavy atom. The van der Waals surface area contributed by atoms with E-state index < -0.39 is 0 Å². The maximum absolute atomic E-state index is 12.8. The molecule has 2 aliphatic rings. The number of urea groups is 1. The number of amides is 3. The normalized spacial score (nSPS) is 18.4. The van der Waals surface area contributed by atoms with Crippen LogP contribution in [-0.4, -0.2) is 63.7 Å². The first-order valence-corrected chi connectivity index (χ1v) is 9.61. The summed E-state index contributed by atoms with van der Waals surface area (Å²) in [6, 6.07) is 10.3. The third kappa shape index (κ3) is 3.97. The van der Waals surface area contributed by atoms with Crippen LogP contribution >= 0.6 is 0 Å². The van der Waals surface area contributed by atoms with Crippen LogP contribution < -0.4 is 5.32 Å². The number of carbonyl (C=O) groups excluding carboxylic acids is 2. The molecule has 0 aliphatic carbocycles. The zero-order valence-corrected chi connectivity index (χ0v) is 15.4. The van der Waals surface area contributed by atoms with E-state index in [9.17, 15) is 9.59 Å². The molecule has 0 unspecified atom stereocenters. The van der Waals surface area contributed by atoms with Crippen LogP contribution in [0.25, 0.3) is 0 Å². The van der Waals surface area contributed by atoms with Crippen LogP contribution in [0.5, 0.6) is 0 Å². The number of hydrogen-bond donors (Lipinski definition) is 1. The minimum Gasteiger partial charge on any atom is -0.338 e. The van der Waals surface area contributed by atoms with E-state index in [2.05, 4.69) is 10.4 Å². The van der Waals surface area contributed by atoms with Gasteiger partial charge in [-0.15, -0.1) is 0 Å². The van der Waals surface area contributed by atoms with Gasteiger partial charge in [-0.1, -0.05) is 30.3 Å². The molecule has 4 rings (SSSR count). The average Bonchev–Trinajstić information content (AvgIpc) is 3.17. The molecular formula is C20H25N5O2. The first-order chi connectivity index (χ1) is 13.2. The van der Waals surface area contributed by atoms with Gasteiger partial charge in [0, 0.05) is 38.4 Å². The molecule has 27 heavy (non-hydrogen) atoms. The average molecular weight is 367 g/mol. The summed E-state index contributed by atoms with van der Waals surface area (Å²) in [4.78, 5) is 28.6. The molecule has 2 aliphatic heterocycles. The molecule has 7 nitrogen and oxygen atoms in total. The molecule has 0 saturated carbocycles. The van der Waals surface area contributed by atoms with Gasteiger partial charge in [-0.3, -0.25) is 9.48 Å². The highest BCUT2D eigenvalue weighted by Gasteiger charge is 2.31. The lowest BCUT2D eigenvalue weighted by molar-refractivity contribution is 0.0642. The van der Waals surface area contributed by atoms with Crippen molar-refractivity contribution >= 4 is 11.9 Å². The molecule has 0 radical (unpaired) electrons. The number of likely N-dealkylation sites (tertiary alicyclic amines) is 1. The SMILES string of the molecule is O=C(c1cnn(Cc2ccccc2)c1)N1CCC(N2CCCNC2=O)CC1. The fourth-order valence-electron chi connectivity index (χ4n) is 3.89. The molecular weight excluding hydrogens is 342 g/mol. The van der Waals surface area contributed by atoms with Crippen molar-refractivity contribution in [1.29, 1.82) is 0 Å². The van der Waals surface area contributed by atoms with Gasteiger partial charge in [0.05, 0.1) is 18.3 Å². The van der Waals surface area contributed by atoms with Crippen LogP contribution in [0.2, 0.25) is 0 Å². The van der Waals surface area contributed by atoms with Gasteiger partial charge in [0.1, 0.15) is 0 Å². The molecule has 1 N–H and O–H groups in total. The zero-order valence-electron chi connectivity index (χ0n) is 15.4. The van der Waals surface area contributed by atoms with Gasteiger partial charge >= 0.3 is 6.03 Å². The summed E-state index contributed by atoms with van der Waals surface area (Å²) in [5, 5.41) is 7.24.